The molecule has 1 aliphatic rings. The molecular formula is C28H28ClN5O3. The van der Waals surface area contributed by atoms with Crippen molar-refractivity contribution in [3.05, 3.63) is 94.4 Å². The van der Waals surface area contributed by atoms with E-state index in [9.17, 15) is 9.90 Å². The zero-order valence-corrected chi connectivity index (χ0v) is 21.0. The number of aliphatic hydroxyl groups is 1. The first-order valence-electron chi connectivity index (χ1n) is 12.1. The largest absolute Gasteiger partial charge is 0.449 e. The Kier molecular flexibility index (Phi) is 7.41. The number of rotatable bonds is 7. The molecule has 0 saturated carbocycles. The average Bonchev–Trinajstić information content (AvgIpc) is 2.92. The predicted molar refractivity (Wildman–Crippen MR) is 147 cm³/mol. The number of benzene rings is 3. The minimum absolute atomic E-state index is 0.124. The fourth-order valence-corrected chi connectivity index (χ4v) is 4.55. The first-order chi connectivity index (χ1) is 18.0. The van der Waals surface area contributed by atoms with Gasteiger partial charge >= 0.3 is 5.56 Å². The minimum Gasteiger partial charge on any atom is -0.449 e. The van der Waals surface area contributed by atoms with Crippen LogP contribution in [0.15, 0.2) is 83.8 Å². The number of piperazine rings is 1. The number of aliphatic hydroxyl groups excluding tert-OH is 1. The van der Waals surface area contributed by atoms with Gasteiger partial charge in [0, 0.05) is 43.4 Å². The van der Waals surface area contributed by atoms with Gasteiger partial charge in [-0.1, -0.05) is 35.9 Å². The average molecular weight is 518 g/mol. The van der Waals surface area contributed by atoms with E-state index < -0.39 is 0 Å². The number of β-amino-alcohol motifs (C(OH)–C–C–N with tert-alkyl or cyclic N) is 1. The van der Waals surface area contributed by atoms with Gasteiger partial charge < -0.3 is 20.5 Å². The third kappa shape index (κ3) is 5.61. The fraction of sp³-hybridized carbons (Fsp3) is 0.214. The zero-order valence-electron chi connectivity index (χ0n) is 20.3. The molecule has 0 bridgehead atoms. The highest BCUT2D eigenvalue weighted by Crippen LogP contribution is 2.31. The van der Waals surface area contributed by atoms with Crippen molar-refractivity contribution in [2.75, 3.05) is 50.0 Å². The maximum atomic E-state index is 13.7. The lowest BCUT2D eigenvalue weighted by atomic mass is 10.1. The Morgan fingerprint density at radius 1 is 0.946 bits per heavy atom. The summed E-state index contributed by atoms with van der Waals surface area (Å²) in [6.45, 7) is 3.68. The van der Waals surface area contributed by atoms with Gasteiger partial charge in [0.05, 0.1) is 18.5 Å². The topological polar surface area (TPSA) is 96.8 Å². The van der Waals surface area contributed by atoms with Gasteiger partial charge in [-0.3, -0.25) is 9.69 Å². The normalized spacial score (nSPS) is 14.1. The lowest BCUT2D eigenvalue weighted by Crippen LogP contribution is -2.47. The molecule has 0 spiro atoms. The van der Waals surface area contributed by atoms with Crippen molar-refractivity contribution in [1.82, 2.24) is 14.7 Å². The summed E-state index contributed by atoms with van der Waals surface area (Å²) in [7, 11) is 0. The Morgan fingerprint density at radius 2 is 1.68 bits per heavy atom. The summed E-state index contributed by atoms with van der Waals surface area (Å²) in [5.74, 6) is 0.746. The second-order valence-electron chi connectivity index (χ2n) is 8.86. The van der Waals surface area contributed by atoms with Crippen LogP contribution in [0.1, 0.15) is 0 Å². The molecule has 9 heteroatoms. The SMILES string of the molecule is Nc1cccc(-c2ccc(Oc3c(N4CCN(CCO)CC4)cnn(-c4ccc(Cl)cc4)c3=O)cc2)c1. The Balaban J connectivity index is 1.48. The van der Waals surface area contributed by atoms with Crippen LogP contribution < -0.4 is 20.9 Å². The summed E-state index contributed by atoms with van der Waals surface area (Å²) in [5, 5.41) is 14.3. The zero-order chi connectivity index (χ0) is 25.8. The molecule has 5 rings (SSSR count). The molecule has 37 heavy (non-hydrogen) atoms. The van der Waals surface area contributed by atoms with Gasteiger partial charge in [-0.15, -0.1) is 0 Å². The van der Waals surface area contributed by atoms with E-state index >= 15 is 0 Å². The van der Waals surface area contributed by atoms with Gasteiger partial charge in [0.25, 0.3) is 0 Å². The molecule has 3 aromatic carbocycles. The van der Waals surface area contributed by atoms with Crippen molar-refractivity contribution in [3.8, 4) is 28.3 Å². The quantitative estimate of drug-likeness (QED) is 0.357. The molecule has 0 radical (unpaired) electrons. The Labute approximate surface area is 220 Å². The van der Waals surface area contributed by atoms with Crippen molar-refractivity contribution < 1.29 is 9.84 Å². The minimum atomic E-state index is -0.363. The van der Waals surface area contributed by atoms with Crippen LogP contribution in [0.4, 0.5) is 11.4 Å². The van der Waals surface area contributed by atoms with E-state index in [1.807, 2.05) is 48.5 Å². The van der Waals surface area contributed by atoms with E-state index in [-0.39, 0.29) is 17.9 Å². The number of ether oxygens (including phenoxy) is 1. The lowest BCUT2D eigenvalue weighted by molar-refractivity contribution is 0.188. The smallest absolute Gasteiger partial charge is 0.316 e. The number of halogens is 1. The van der Waals surface area contributed by atoms with Gasteiger partial charge in [0.2, 0.25) is 5.75 Å². The Morgan fingerprint density at radius 3 is 2.35 bits per heavy atom. The van der Waals surface area contributed by atoms with E-state index in [1.54, 1.807) is 30.5 Å². The fourth-order valence-electron chi connectivity index (χ4n) is 4.42. The second-order valence-corrected chi connectivity index (χ2v) is 9.29. The van der Waals surface area contributed by atoms with Crippen LogP contribution in [-0.4, -0.2) is 59.1 Å². The van der Waals surface area contributed by atoms with Gasteiger partial charge in [0.15, 0.2) is 0 Å². The summed E-state index contributed by atoms with van der Waals surface area (Å²) in [6.07, 6.45) is 1.67. The number of hydrogen-bond donors (Lipinski definition) is 2. The van der Waals surface area contributed by atoms with E-state index in [1.165, 1.54) is 4.68 Å². The third-order valence-electron chi connectivity index (χ3n) is 6.41. The second kappa shape index (κ2) is 11.0. The van der Waals surface area contributed by atoms with E-state index in [0.717, 1.165) is 24.2 Å². The molecule has 0 atom stereocenters. The number of nitrogens with two attached hydrogens (primary N) is 1. The van der Waals surface area contributed by atoms with Crippen LogP contribution >= 0.6 is 11.6 Å². The molecule has 1 aliphatic heterocycles. The molecule has 1 fully saturated rings. The summed E-state index contributed by atoms with van der Waals surface area (Å²) < 4.78 is 7.57. The van der Waals surface area contributed by atoms with Crippen molar-refractivity contribution in [3.63, 3.8) is 0 Å². The number of aromatic nitrogens is 2. The highest BCUT2D eigenvalue weighted by molar-refractivity contribution is 6.30. The van der Waals surface area contributed by atoms with Gasteiger partial charge in [-0.2, -0.15) is 9.78 Å². The van der Waals surface area contributed by atoms with Gasteiger partial charge in [-0.05, 0) is 59.7 Å². The third-order valence-corrected chi connectivity index (χ3v) is 6.66. The van der Waals surface area contributed by atoms with Crippen LogP contribution in [-0.2, 0) is 0 Å². The maximum absolute atomic E-state index is 13.7. The summed E-state index contributed by atoms with van der Waals surface area (Å²) in [5.41, 5.74) is 9.49. The van der Waals surface area contributed by atoms with E-state index in [2.05, 4.69) is 14.9 Å². The number of anilines is 2. The van der Waals surface area contributed by atoms with Crippen LogP contribution in [0.2, 0.25) is 5.02 Å². The molecule has 4 aromatic rings. The first kappa shape index (κ1) is 24.8. The number of hydrogen-bond acceptors (Lipinski definition) is 7. The molecular weight excluding hydrogens is 490 g/mol. The van der Waals surface area contributed by atoms with E-state index in [0.29, 0.717) is 47.5 Å². The van der Waals surface area contributed by atoms with Gasteiger partial charge in [-0.25, -0.2) is 0 Å². The van der Waals surface area contributed by atoms with Crippen LogP contribution in [0, 0.1) is 0 Å². The molecule has 3 N–H and O–H groups in total. The highest BCUT2D eigenvalue weighted by atomic mass is 35.5. The van der Waals surface area contributed by atoms with Crippen LogP contribution in [0.25, 0.3) is 16.8 Å². The summed E-state index contributed by atoms with van der Waals surface area (Å²) in [4.78, 5) is 18.0. The van der Waals surface area contributed by atoms with E-state index in [4.69, 9.17) is 22.1 Å². The van der Waals surface area contributed by atoms with Crippen molar-refractivity contribution >= 4 is 23.0 Å². The molecule has 0 aliphatic carbocycles. The number of nitrogen functional groups attached to an aromatic ring is 1. The lowest BCUT2D eigenvalue weighted by Gasteiger charge is -2.36. The highest BCUT2D eigenvalue weighted by Gasteiger charge is 2.24. The predicted octanol–water partition coefficient (Wildman–Crippen LogP) is 4.04. The van der Waals surface area contributed by atoms with Gasteiger partial charge in [0.1, 0.15) is 11.4 Å². The molecule has 0 unspecified atom stereocenters. The Bertz CT molecular complexity index is 1420. The summed E-state index contributed by atoms with van der Waals surface area (Å²) in [6, 6.07) is 22.2. The molecule has 1 aromatic heterocycles. The Hall–Kier alpha value is -3.85. The monoisotopic (exact) mass is 517 g/mol. The standard InChI is InChI=1S/C28H28ClN5O3/c29-22-6-8-24(9-7-22)34-28(36)27(26(19-31-34)33-14-12-32(13-15-33)16-17-35)37-25-10-4-20(5-11-25)21-2-1-3-23(30)18-21/h1-11,18-19,35H,12-17,30H2. The molecule has 1 saturated heterocycles. The van der Waals surface area contributed by atoms with Crippen molar-refractivity contribution in [2.24, 2.45) is 0 Å². The van der Waals surface area contributed by atoms with Crippen LogP contribution in [0.5, 0.6) is 11.5 Å². The van der Waals surface area contributed by atoms with Crippen LogP contribution in [0.3, 0.4) is 0 Å². The van der Waals surface area contributed by atoms with Crippen molar-refractivity contribution in [2.45, 2.75) is 0 Å². The molecule has 190 valence electrons. The number of nitrogens with zero attached hydrogens (tertiary/aromatic N) is 4. The first-order valence-corrected chi connectivity index (χ1v) is 12.5. The summed E-state index contributed by atoms with van der Waals surface area (Å²) >= 11 is 6.04. The molecule has 2 heterocycles. The molecule has 8 nitrogen and oxygen atoms in total. The molecule has 0 amide bonds. The van der Waals surface area contributed by atoms with Crippen molar-refractivity contribution in [1.29, 1.82) is 0 Å². The maximum Gasteiger partial charge on any atom is 0.316 e.